The van der Waals surface area contributed by atoms with Gasteiger partial charge in [-0.05, 0) is 25.1 Å². The van der Waals surface area contributed by atoms with Gasteiger partial charge in [-0.15, -0.1) is 0 Å². The zero-order valence-corrected chi connectivity index (χ0v) is 12.6. The largest absolute Gasteiger partial charge is 0.497 e. The zero-order valence-electron chi connectivity index (χ0n) is 11.8. The molecule has 0 aromatic heterocycles. The number of methoxy groups -OCH3 is 1. The average molecular weight is 312 g/mol. The molecule has 0 radical (unpaired) electrons. The predicted octanol–water partition coefficient (Wildman–Crippen LogP) is 1.11. The Morgan fingerprint density at radius 3 is 2.90 bits per heavy atom. The summed E-state index contributed by atoms with van der Waals surface area (Å²) in [5.41, 5.74) is 0.363. The fourth-order valence-corrected chi connectivity index (χ4v) is 2.26. The Morgan fingerprint density at radius 2 is 2.14 bits per heavy atom. The van der Waals surface area contributed by atoms with Crippen molar-refractivity contribution in [1.29, 1.82) is 0 Å². The smallest absolute Gasteiger partial charge is 0.313 e. The molecule has 2 amide bonds. The van der Waals surface area contributed by atoms with E-state index < -0.39 is 11.8 Å². The molecule has 1 aliphatic heterocycles. The van der Waals surface area contributed by atoms with E-state index >= 15 is 0 Å². The van der Waals surface area contributed by atoms with Crippen LogP contribution in [-0.4, -0.2) is 50.0 Å². The molecule has 21 heavy (non-hydrogen) atoms. The molecule has 1 aromatic rings. The summed E-state index contributed by atoms with van der Waals surface area (Å²) in [7, 11) is 1.52. The third-order valence-corrected chi connectivity index (χ3v) is 3.57. The van der Waals surface area contributed by atoms with E-state index in [2.05, 4.69) is 10.6 Å². The monoisotopic (exact) mass is 311 g/mol. The molecule has 0 atom stereocenters. The summed E-state index contributed by atoms with van der Waals surface area (Å²) in [5.74, 6) is -0.675. The molecule has 0 unspecified atom stereocenters. The lowest BCUT2D eigenvalue weighted by molar-refractivity contribution is -0.143. The SMILES string of the molecule is COc1ccc(Cl)c(NC(=O)C(=O)N2CCCNCC2)c1. The number of ether oxygens (including phenoxy) is 1. The van der Waals surface area contributed by atoms with Gasteiger partial charge in [0.1, 0.15) is 5.75 Å². The van der Waals surface area contributed by atoms with Crippen molar-refractivity contribution in [3.05, 3.63) is 23.2 Å². The van der Waals surface area contributed by atoms with Crippen molar-refractivity contribution in [3.8, 4) is 5.75 Å². The highest BCUT2D eigenvalue weighted by Gasteiger charge is 2.23. The summed E-state index contributed by atoms with van der Waals surface area (Å²) in [4.78, 5) is 25.7. The molecule has 114 valence electrons. The van der Waals surface area contributed by atoms with Gasteiger partial charge in [0, 0.05) is 25.7 Å². The van der Waals surface area contributed by atoms with E-state index in [-0.39, 0.29) is 0 Å². The van der Waals surface area contributed by atoms with Crippen molar-refractivity contribution in [2.24, 2.45) is 0 Å². The van der Waals surface area contributed by atoms with Crippen molar-refractivity contribution in [3.63, 3.8) is 0 Å². The van der Waals surface area contributed by atoms with Crippen LogP contribution in [0.5, 0.6) is 5.75 Å². The Labute approximate surface area is 128 Å². The van der Waals surface area contributed by atoms with Gasteiger partial charge in [0.2, 0.25) is 0 Å². The van der Waals surface area contributed by atoms with E-state index in [9.17, 15) is 9.59 Å². The Hall–Kier alpha value is -1.79. The Balaban J connectivity index is 2.04. The van der Waals surface area contributed by atoms with Gasteiger partial charge >= 0.3 is 11.8 Å². The van der Waals surface area contributed by atoms with Crippen LogP contribution >= 0.6 is 11.6 Å². The second-order valence-electron chi connectivity index (χ2n) is 4.70. The maximum atomic E-state index is 12.1. The Morgan fingerprint density at radius 1 is 1.33 bits per heavy atom. The number of halogens is 1. The first-order valence-electron chi connectivity index (χ1n) is 6.76. The van der Waals surface area contributed by atoms with Crippen molar-refractivity contribution in [2.75, 3.05) is 38.6 Å². The lowest BCUT2D eigenvalue weighted by Gasteiger charge is -2.19. The minimum Gasteiger partial charge on any atom is -0.497 e. The van der Waals surface area contributed by atoms with Crippen LogP contribution in [0, 0.1) is 0 Å². The fourth-order valence-electron chi connectivity index (χ4n) is 2.10. The molecule has 1 saturated heterocycles. The summed E-state index contributed by atoms with van der Waals surface area (Å²) in [6.07, 6.45) is 0.832. The van der Waals surface area contributed by atoms with E-state index in [4.69, 9.17) is 16.3 Å². The van der Waals surface area contributed by atoms with Crippen LogP contribution in [0.2, 0.25) is 5.02 Å². The number of hydrogen-bond donors (Lipinski definition) is 2. The first-order chi connectivity index (χ1) is 10.1. The summed E-state index contributed by atoms with van der Waals surface area (Å²) in [6, 6.07) is 4.87. The normalized spacial score (nSPS) is 15.2. The van der Waals surface area contributed by atoms with E-state index in [1.54, 1.807) is 23.1 Å². The van der Waals surface area contributed by atoms with Crippen LogP contribution in [0.1, 0.15) is 6.42 Å². The number of carbonyl (C=O) groups excluding carboxylic acids is 2. The van der Waals surface area contributed by atoms with Crippen LogP contribution in [0.15, 0.2) is 18.2 Å². The lowest BCUT2D eigenvalue weighted by Crippen LogP contribution is -2.41. The number of carbonyl (C=O) groups is 2. The van der Waals surface area contributed by atoms with Crippen LogP contribution in [0.25, 0.3) is 0 Å². The highest BCUT2D eigenvalue weighted by molar-refractivity contribution is 6.41. The van der Waals surface area contributed by atoms with Gasteiger partial charge in [-0.2, -0.15) is 0 Å². The standard InChI is InChI=1S/C14H18ClN3O3/c1-21-10-3-4-11(15)12(9-10)17-13(19)14(20)18-7-2-5-16-6-8-18/h3-4,9,16H,2,5-8H2,1H3,(H,17,19). The molecule has 2 N–H and O–H groups in total. The number of hydrogen-bond acceptors (Lipinski definition) is 4. The van der Waals surface area contributed by atoms with Crippen LogP contribution < -0.4 is 15.4 Å². The topological polar surface area (TPSA) is 70.7 Å². The van der Waals surface area contributed by atoms with E-state index in [0.29, 0.717) is 36.1 Å². The highest BCUT2D eigenvalue weighted by Crippen LogP contribution is 2.26. The molecule has 0 aliphatic carbocycles. The summed E-state index contributed by atoms with van der Waals surface area (Å²) < 4.78 is 5.07. The Bertz CT molecular complexity index is 528. The summed E-state index contributed by atoms with van der Waals surface area (Å²) in [6.45, 7) is 2.65. The molecular weight excluding hydrogens is 294 g/mol. The molecule has 1 fully saturated rings. The highest BCUT2D eigenvalue weighted by atomic mass is 35.5. The van der Waals surface area contributed by atoms with Crippen molar-refractivity contribution >= 4 is 29.1 Å². The van der Waals surface area contributed by atoms with E-state index in [1.807, 2.05) is 0 Å². The molecule has 1 heterocycles. The molecule has 2 rings (SSSR count). The van der Waals surface area contributed by atoms with Crippen LogP contribution in [-0.2, 0) is 9.59 Å². The van der Waals surface area contributed by atoms with Crippen molar-refractivity contribution in [2.45, 2.75) is 6.42 Å². The van der Waals surface area contributed by atoms with Crippen molar-refractivity contribution < 1.29 is 14.3 Å². The molecular formula is C14H18ClN3O3. The number of anilines is 1. The number of nitrogens with one attached hydrogen (secondary N) is 2. The second-order valence-corrected chi connectivity index (χ2v) is 5.10. The number of nitrogens with zero attached hydrogens (tertiary/aromatic N) is 1. The minimum absolute atomic E-state index is 0.356. The number of amides is 2. The van der Waals surface area contributed by atoms with Gasteiger partial charge in [0.25, 0.3) is 0 Å². The zero-order chi connectivity index (χ0) is 15.2. The summed E-state index contributed by atoms with van der Waals surface area (Å²) >= 11 is 6.01. The first kappa shape index (κ1) is 15.6. The molecule has 0 spiro atoms. The maximum absolute atomic E-state index is 12.1. The van der Waals surface area contributed by atoms with E-state index in [1.165, 1.54) is 7.11 Å². The average Bonchev–Trinajstić information content (AvgIpc) is 2.77. The van der Waals surface area contributed by atoms with E-state index in [0.717, 1.165) is 13.0 Å². The van der Waals surface area contributed by atoms with Gasteiger partial charge < -0.3 is 20.3 Å². The van der Waals surface area contributed by atoms with Gasteiger partial charge in [-0.25, -0.2) is 0 Å². The fraction of sp³-hybridized carbons (Fsp3) is 0.429. The van der Waals surface area contributed by atoms with Crippen LogP contribution in [0.4, 0.5) is 5.69 Å². The van der Waals surface area contributed by atoms with Gasteiger partial charge in [-0.3, -0.25) is 9.59 Å². The third kappa shape index (κ3) is 4.09. The third-order valence-electron chi connectivity index (χ3n) is 3.24. The first-order valence-corrected chi connectivity index (χ1v) is 7.14. The molecule has 6 nitrogen and oxygen atoms in total. The lowest BCUT2D eigenvalue weighted by atomic mass is 10.3. The van der Waals surface area contributed by atoms with Gasteiger partial charge in [0.15, 0.2) is 0 Å². The Kier molecular flexibility index (Phi) is 5.41. The minimum atomic E-state index is -0.688. The molecule has 7 heteroatoms. The molecule has 1 aliphatic rings. The summed E-state index contributed by atoms with van der Waals surface area (Å²) in [5, 5.41) is 6.08. The van der Waals surface area contributed by atoms with Gasteiger partial charge in [-0.1, -0.05) is 11.6 Å². The number of rotatable bonds is 2. The van der Waals surface area contributed by atoms with Gasteiger partial charge in [0.05, 0.1) is 17.8 Å². The maximum Gasteiger partial charge on any atom is 0.313 e. The predicted molar refractivity (Wildman–Crippen MR) is 80.7 cm³/mol. The molecule has 0 saturated carbocycles. The molecule has 0 bridgehead atoms. The second kappa shape index (κ2) is 7.28. The molecule has 1 aromatic carbocycles. The number of benzene rings is 1. The van der Waals surface area contributed by atoms with Crippen LogP contribution in [0.3, 0.4) is 0 Å². The van der Waals surface area contributed by atoms with Crippen molar-refractivity contribution in [1.82, 2.24) is 10.2 Å². The quantitative estimate of drug-likeness (QED) is 0.803.